The van der Waals surface area contributed by atoms with Gasteiger partial charge in [0.15, 0.2) is 0 Å². The lowest BCUT2D eigenvalue weighted by Crippen LogP contribution is -2.48. The Morgan fingerprint density at radius 3 is 2.29 bits per heavy atom. The highest BCUT2D eigenvalue weighted by molar-refractivity contribution is 5.97. The fourth-order valence-corrected chi connectivity index (χ4v) is 3.37. The Hall–Kier alpha value is -2.80. The van der Waals surface area contributed by atoms with Crippen LogP contribution in [-0.4, -0.2) is 63.2 Å². The lowest BCUT2D eigenvalue weighted by atomic mass is 10.1. The third-order valence-corrected chi connectivity index (χ3v) is 4.94. The Bertz CT molecular complexity index is 835. The van der Waals surface area contributed by atoms with Crippen LogP contribution in [0.25, 0.3) is 0 Å². The molecule has 1 fully saturated rings. The summed E-state index contributed by atoms with van der Waals surface area (Å²) in [6.45, 7) is 3.15. The van der Waals surface area contributed by atoms with Crippen molar-refractivity contribution in [1.29, 1.82) is 0 Å². The van der Waals surface area contributed by atoms with Crippen molar-refractivity contribution in [1.82, 2.24) is 9.80 Å². The number of hydrogen-bond donors (Lipinski definition) is 0. The Labute approximate surface area is 164 Å². The molecule has 0 atom stereocenters. The van der Waals surface area contributed by atoms with Crippen molar-refractivity contribution in [3.63, 3.8) is 0 Å². The molecule has 0 spiro atoms. The molecule has 150 valence electrons. The van der Waals surface area contributed by atoms with Gasteiger partial charge in [0.1, 0.15) is 23.1 Å². The summed E-state index contributed by atoms with van der Waals surface area (Å²) in [5.41, 5.74) is 1.32. The van der Waals surface area contributed by atoms with Crippen LogP contribution in [0.1, 0.15) is 15.9 Å². The second-order valence-corrected chi connectivity index (χ2v) is 6.59. The van der Waals surface area contributed by atoms with Gasteiger partial charge in [-0.1, -0.05) is 0 Å². The van der Waals surface area contributed by atoms with Gasteiger partial charge in [-0.05, 0) is 30.3 Å². The minimum atomic E-state index is -0.281. The minimum absolute atomic E-state index is 0.0671. The molecule has 1 amide bonds. The normalized spacial score (nSPS) is 14.6. The highest BCUT2D eigenvalue weighted by Crippen LogP contribution is 2.27. The van der Waals surface area contributed by atoms with Crippen molar-refractivity contribution in [3.8, 4) is 17.2 Å². The first-order chi connectivity index (χ1) is 13.5. The average molecular weight is 388 g/mol. The molecule has 3 rings (SSSR count). The molecule has 1 heterocycles. The molecule has 0 radical (unpaired) electrons. The van der Waals surface area contributed by atoms with Crippen molar-refractivity contribution >= 4 is 5.91 Å². The number of hydrogen-bond acceptors (Lipinski definition) is 5. The Balaban J connectivity index is 1.64. The molecular formula is C21H25FN2O4. The van der Waals surface area contributed by atoms with E-state index in [9.17, 15) is 9.18 Å². The summed E-state index contributed by atoms with van der Waals surface area (Å²) in [5.74, 6) is 1.46. The number of nitrogens with zero attached hydrogens (tertiary/aromatic N) is 2. The van der Waals surface area contributed by atoms with E-state index in [1.54, 1.807) is 38.5 Å². The van der Waals surface area contributed by atoms with E-state index in [4.69, 9.17) is 14.2 Å². The fourth-order valence-electron chi connectivity index (χ4n) is 3.37. The maximum absolute atomic E-state index is 13.6. The zero-order valence-corrected chi connectivity index (χ0v) is 16.4. The molecule has 7 heteroatoms. The standard InChI is InChI=1S/C21H25FN2O4/c1-26-17-5-6-18(20(13-17)28-3)21(25)24-10-8-23(9-11-24)14-15-12-16(22)4-7-19(15)27-2/h4-7,12-13H,8-11,14H2,1-3H3. The van der Waals surface area contributed by atoms with E-state index in [1.807, 2.05) is 4.90 Å². The lowest BCUT2D eigenvalue weighted by Gasteiger charge is -2.35. The van der Waals surface area contributed by atoms with Crippen LogP contribution in [0.3, 0.4) is 0 Å². The van der Waals surface area contributed by atoms with Crippen molar-refractivity contribution in [2.45, 2.75) is 6.54 Å². The van der Waals surface area contributed by atoms with Crippen molar-refractivity contribution in [2.75, 3.05) is 47.5 Å². The van der Waals surface area contributed by atoms with Gasteiger partial charge in [0, 0.05) is 44.4 Å². The molecule has 0 aromatic heterocycles. The predicted octanol–water partition coefficient (Wildman–Crippen LogP) is 2.81. The molecule has 2 aromatic rings. The number of amides is 1. The van der Waals surface area contributed by atoms with Crippen LogP contribution in [0, 0.1) is 5.82 Å². The van der Waals surface area contributed by atoms with Crippen molar-refractivity contribution in [2.24, 2.45) is 0 Å². The third-order valence-electron chi connectivity index (χ3n) is 4.94. The number of halogens is 1. The van der Waals surface area contributed by atoms with Gasteiger partial charge in [-0.3, -0.25) is 9.69 Å². The third kappa shape index (κ3) is 4.36. The largest absolute Gasteiger partial charge is 0.497 e. The van der Waals surface area contributed by atoms with Crippen molar-refractivity contribution in [3.05, 3.63) is 53.3 Å². The molecule has 1 saturated heterocycles. The molecule has 1 aliphatic rings. The van der Waals surface area contributed by atoms with Gasteiger partial charge >= 0.3 is 0 Å². The summed E-state index contributed by atoms with van der Waals surface area (Å²) in [6, 6.07) is 9.71. The molecule has 0 unspecified atom stereocenters. The Morgan fingerprint density at radius 1 is 0.929 bits per heavy atom. The monoisotopic (exact) mass is 388 g/mol. The number of carbonyl (C=O) groups is 1. The van der Waals surface area contributed by atoms with E-state index in [-0.39, 0.29) is 11.7 Å². The second-order valence-electron chi connectivity index (χ2n) is 6.59. The highest BCUT2D eigenvalue weighted by atomic mass is 19.1. The van der Waals surface area contributed by atoms with Gasteiger partial charge in [0.05, 0.1) is 26.9 Å². The smallest absolute Gasteiger partial charge is 0.257 e. The summed E-state index contributed by atoms with van der Waals surface area (Å²) >= 11 is 0. The molecule has 1 aliphatic heterocycles. The van der Waals surface area contributed by atoms with E-state index in [1.165, 1.54) is 19.2 Å². The fraction of sp³-hybridized carbons (Fsp3) is 0.381. The van der Waals surface area contributed by atoms with E-state index < -0.39 is 0 Å². The quantitative estimate of drug-likeness (QED) is 0.762. The first-order valence-corrected chi connectivity index (χ1v) is 9.11. The summed E-state index contributed by atoms with van der Waals surface area (Å²) in [4.78, 5) is 16.9. The summed E-state index contributed by atoms with van der Waals surface area (Å²) in [7, 11) is 4.69. The minimum Gasteiger partial charge on any atom is -0.497 e. The molecule has 0 bridgehead atoms. The number of carbonyl (C=O) groups excluding carboxylic acids is 1. The molecule has 0 N–H and O–H groups in total. The maximum Gasteiger partial charge on any atom is 0.257 e. The maximum atomic E-state index is 13.6. The number of rotatable bonds is 6. The van der Waals surface area contributed by atoms with Crippen LogP contribution < -0.4 is 14.2 Å². The van der Waals surface area contributed by atoms with Gasteiger partial charge in [-0.15, -0.1) is 0 Å². The predicted molar refractivity (Wildman–Crippen MR) is 104 cm³/mol. The lowest BCUT2D eigenvalue weighted by molar-refractivity contribution is 0.0624. The molecule has 2 aromatic carbocycles. The average Bonchev–Trinajstić information content (AvgIpc) is 2.73. The SMILES string of the molecule is COc1ccc(C(=O)N2CCN(Cc3cc(F)ccc3OC)CC2)c(OC)c1. The van der Waals surface area contributed by atoms with Gasteiger partial charge < -0.3 is 19.1 Å². The van der Waals surface area contributed by atoms with Crippen LogP contribution >= 0.6 is 0 Å². The summed E-state index contributed by atoms with van der Waals surface area (Å²) in [5, 5.41) is 0. The van der Waals surface area contributed by atoms with Gasteiger partial charge in [-0.25, -0.2) is 4.39 Å². The zero-order chi connectivity index (χ0) is 20.1. The summed E-state index contributed by atoms with van der Waals surface area (Å²) < 4.78 is 29.4. The number of methoxy groups -OCH3 is 3. The highest BCUT2D eigenvalue weighted by Gasteiger charge is 2.25. The van der Waals surface area contributed by atoms with Gasteiger partial charge in [-0.2, -0.15) is 0 Å². The molecule has 0 saturated carbocycles. The molecule has 6 nitrogen and oxygen atoms in total. The van der Waals surface area contributed by atoms with E-state index in [0.29, 0.717) is 55.5 Å². The molecule has 28 heavy (non-hydrogen) atoms. The zero-order valence-electron chi connectivity index (χ0n) is 16.4. The number of ether oxygens (including phenoxy) is 3. The van der Waals surface area contributed by atoms with Crippen LogP contribution in [0.4, 0.5) is 4.39 Å². The van der Waals surface area contributed by atoms with Crippen molar-refractivity contribution < 1.29 is 23.4 Å². The van der Waals surface area contributed by atoms with Gasteiger partial charge in [0.2, 0.25) is 0 Å². The topological polar surface area (TPSA) is 51.2 Å². The van der Waals surface area contributed by atoms with Crippen LogP contribution in [0.2, 0.25) is 0 Å². The van der Waals surface area contributed by atoms with Crippen LogP contribution in [0.15, 0.2) is 36.4 Å². The van der Waals surface area contributed by atoms with E-state index >= 15 is 0 Å². The van der Waals surface area contributed by atoms with Gasteiger partial charge in [0.25, 0.3) is 5.91 Å². The Kier molecular flexibility index (Phi) is 6.36. The Morgan fingerprint density at radius 2 is 1.64 bits per heavy atom. The van der Waals surface area contributed by atoms with Crippen LogP contribution in [-0.2, 0) is 6.54 Å². The first-order valence-electron chi connectivity index (χ1n) is 9.11. The van der Waals surface area contributed by atoms with Crippen LogP contribution in [0.5, 0.6) is 17.2 Å². The molecular weight excluding hydrogens is 363 g/mol. The molecule has 0 aliphatic carbocycles. The van der Waals surface area contributed by atoms with E-state index in [0.717, 1.165) is 5.56 Å². The van der Waals surface area contributed by atoms with E-state index in [2.05, 4.69) is 4.90 Å². The first kappa shape index (κ1) is 19.9. The second kappa shape index (κ2) is 8.93. The number of piperazine rings is 1. The summed E-state index contributed by atoms with van der Waals surface area (Å²) in [6.07, 6.45) is 0. The number of benzene rings is 2.